The maximum atomic E-state index is 11.8. The zero-order valence-corrected chi connectivity index (χ0v) is 9.85. The Balaban J connectivity index is 2.87. The molecule has 0 aliphatic rings. The summed E-state index contributed by atoms with van der Waals surface area (Å²) in [6, 6.07) is 5.70. The summed E-state index contributed by atoms with van der Waals surface area (Å²) in [5.41, 5.74) is 0.802. The number of benzene rings is 1. The van der Waals surface area contributed by atoms with Crippen LogP contribution in [-0.4, -0.2) is 9.55 Å². The van der Waals surface area contributed by atoms with E-state index in [1.54, 1.807) is 10.9 Å². The van der Waals surface area contributed by atoms with Crippen molar-refractivity contribution in [3.8, 4) is 0 Å². The first-order chi connectivity index (χ1) is 6.72. The predicted molar refractivity (Wildman–Crippen MR) is 64.4 cm³/mol. The molecule has 4 heteroatoms. The van der Waals surface area contributed by atoms with Crippen LogP contribution in [0, 0.1) is 3.57 Å². The number of fused-ring (bicyclic) bond motifs is 1. The Kier molecular flexibility index (Phi) is 2.54. The molecule has 2 rings (SSSR count). The quantitative estimate of drug-likeness (QED) is 0.755. The first kappa shape index (κ1) is 9.64. The smallest absolute Gasteiger partial charge is 0.261 e. The van der Waals surface area contributed by atoms with E-state index in [9.17, 15) is 4.79 Å². The molecule has 0 spiro atoms. The molecule has 0 saturated carbocycles. The van der Waals surface area contributed by atoms with Crippen molar-refractivity contribution in [2.45, 2.75) is 13.5 Å². The number of aromatic nitrogens is 2. The SMILES string of the molecule is CCn1cnc2ccc(I)cc2c1=O. The standard InChI is InChI=1S/C10H9IN2O/c1-2-13-6-12-9-4-3-7(11)5-8(9)10(13)14/h3-6H,2H2,1H3. The van der Waals surface area contributed by atoms with Crippen LogP contribution in [0.3, 0.4) is 0 Å². The number of rotatable bonds is 1. The molecule has 3 nitrogen and oxygen atoms in total. The molecule has 0 radical (unpaired) electrons. The van der Waals surface area contributed by atoms with Crippen molar-refractivity contribution >= 4 is 33.5 Å². The average Bonchev–Trinajstić information content (AvgIpc) is 2.20. The highest BCUT2D eigenvalue weighted by Gasteiger charge is 2.02. The summed E-state index contributed by atoms with van der Waals surface area (Å²) < 4.78 is 2.67. The molecule has 1 aromatic heterocycles. The van der Waals surface area contributed by atoms with Crippen molar-refractivity contribution in [2.75, 3.05) is 0 Å². The van der Waals surface area contributed by atoms with Gasteiger partial charge in [-0.2, -0.15) is 0 Å². The summed E-state index contributed by atoms with van der Waals surface area (Å²) in [7, 11) is 0. The van der Waals surface area contributed by atoms with E-state index in [4.69, 9.17) is 0 Å². The Hall–Kier alpha value is -0.910. The fraction of sp³-hybridized carbons (Fsp3) is 0.200. The lowest BCUT2D eigenvalue weighted by Gasteiger charge is -2.02. The van der Waals surface area contributed by atoms with Gasteiger partial charge in [-0.05, 0) is 47.7 Å². The molecule has 0 fully saturated rings. The number of nitrogens with zero attached hydrogens (tertiary/aromatic N) is 2. The first-order valence-corrected chi connectivity index (χ1v) is 5.45. The van der Waals surface area contributed by atoms with E-state index in [1.807, 2.05) is 25.1 Å². The first-order valence-electron chi connectivity index (χ1n) is 4.37. The van der Waals surface area contributed by atoms with E-state index in [1.165, 1.54) is 0 Å². The molecule has 0 atom stereocenters. The largest absolute Gasteiger partial charge is 0.299 e. The molecule has 0 saturated heterocycles. The van der Waals surface area contributed by atoms with Crippen molar-refractivity contribution < 1.29 is 0 Å². The third-order valence-corrected chi connectivity index (χ3v) is 2.80. The van der Waals surface area contributed by atoms with Gasteiger partial charge >= 0.3 is 0 Å². The number of hydrogen-bond acceptors (Lipinski definition) is 2. The van der Waals surface area contributed by atoms with Gasteiger partial charge < -0.3 is 0 Å². The molecule has 0 amide bonds. The average molecular weight is 300 g/mol. The number of aryl methyl sites for hydroxylation is 1. The summed E-state index contributed by atoms with van der Waals surface area (Å²) >= 11 is 2.19. The van der Waals surface area contributed by atoms with E-state index in [2.05, 4.69) is 27.6 Å². The highest BCUT2D eigenvalue weighted by atomic mass is 127. The van der Waals surface area contributed by atoms with E-state index in [-0.39, 0.29) is 5.56 Å². The molecule has 0 aliphatic heterocycles. The van der Waals surface area contributed by atoms with Crippen LogP contribution < -0.4 is 5.56 Å². The monoisotopic (exact) mass is 300 g/mol. The number of hydrogen-bond donors (Lipinski definition) is 0. The Bertz CT molecular complexity index is 533. The van der Waals surface area contributed by atoms with Crippen LogP contribution in [0.25, 0.3) is 10.9 Å². The fourth-order valence-electron chi connectivity index (χ4n) is 1.36. The van der Waals surface area contributed by atoms with Crippen LogP contribution in [0.4, 0.5) is 0 Å². The topological polar surface area (TPSA) is 34.9 Å². The second-order valence-corrected chi connectivity index (χ2v) is 4.24. The molecular formula is C10H9IN2O. The molecule has 2 aromatic rings. The highest BCUT2D eigenvalue weighted by molar-refractivity contribution is 14.1. The molecule has 1 aromatic carbocycles. The molecular weight excluding hydrogens is 291 g/mol. The lowest BCUT2D eigenvalue weighted by atomic mass is 10.2. The molecule has 0 aliphatic carbocycles. The van der Waals surface area contributed by atoms with Crippen molar-refractivity contribution in [3.63, 3.8) is 0 Å². The van der Waals surface area contributed by atoms with Gasteiger partial charge in [-0.15, -0.1) is 0 Å². The van der Waals surface area contributed by atoms with Crippen LogP contribution in [0.2, 0.25) is 0 Å². The van der Waals surface area contributed by atoms with Gasteiger partial charge in [0.25, 0.3) is 5.56 Å². The Morgan fingerprint density at radius 3 is 3.00 bits per heavy atom. The van der Waals surface area contributed by atoms with E-state index >= 15 is 0 Å². The number of halogens is 1. The van der Waals surface area contributed by atoms with Gasteiger partial charge in [-0.25, -0.2) is 4.98 Å². The van der Waals surface area contributed by atoms with Crippen LogP contribution in [0.1, 0.15) is 6.92 Å². The Labute approximate surface area is 94.9 Å². The molecule has 0 unspecified atom stereocenters. The van der Waals surface area contributed by atoms with Gasteiger partial charge in [0.15, 0.2) is 0 Å². The third-order valence-electron chi connectivity index (χ3n) is 2.13. The lowest BCUT2D eigenvalue weighted by molar-refractivity contribution is 0.717. The van der Waals surface area contributed by atoms with Gasteiger partial charge in [0.1, 0.15) is 0 Å². The van der Waals surface area contributed by atoms with Gasteiger partial charge in [0, 0.05) is 10.1 Å². The zero-order chi connectivity index (χ0) is 10.1. The minimum absolute atomic E-state index is 0.0380. The molecule has 14 heavy (non-hydrogen) atoms. The second-order valence-electron chi connectivity index (χ2n) is 3.00. The summed E-state index contributed by atoms with van der Waals surface area (Å²) in [5.74, 6) is 0. The van der Waals surface area contributed by atoms with Gasteiger partial charge in [-0.1, -0.05) is 0 Å². The van der Waals surface area contributed by atoms with Crippen molar-refractivity contribution in [1.82, 2.24) is 9.55 Å². The van der Waals surface area contributed by atoms with Gasteiger partial charge in [0.2, 0.25) is 0 Å². The predicted octanol–water partition coefficient (Wildman–Crippen LogP) is 2.02. The fourth-order valence-corrected chi connectivity index (χ4v) is 1.85. The van der Waals surface area contributed by atoms with Crippen LogP contribution >= 0.6 is 22.6 Å². The Morgan fingerprint density at radius 2 is 2.29 bits per heavy atom. The maximum absolute atomic E-state index is 11.8. The van der Waals surface area contributed by atoms with Crippen molar-refractivity contribution in [3.05, 3.63) is 38.5 Å². The maximum Gasteiger partial charge on any atom is 0.261 e. The van der Waals surface area contributed by atoms with Gasteiger partial charge in [0.05, 0.1) is 17.2 Å². The molecule has 1 heterocycles. The lowest BCUT2D eigenvalue weighted by Crippen LogP contribution is -2.19. The van der Waals surface area contributed by atoms with E-state index in [0.29, 0.717) is 11.9 Å². The molecule has 0 bridgehead atoms. The molecule has 72 valence electrons. The Morgan fingerprint density at radius 1 is 1.50 bits per heavy atom. The molecule has 0 N–H and O–H groups in total. The minimum Gasteiger partial charge on any atom is -0.299 e. The van der Waals surface area contributed by atoms with Crippen molar-refractivity contribution in [2.24, 2.45) is 0 Å². The van der Waals surface area contributed by atoms with Gasteiger partial charge in [-0.3, -0.25) is 9.36 Å². The van der Waals surface area contributed by atoms with E-state index < -0.39 is 0 Å². The van der Waals surface area contributed by atoms with Crippen LogP contribution in [0.5, 0.6) is 0 Å². The highest BCUT2D eigenvalue weighted by Crippen LogP contribution is 2.11. The second kappa shape index (κ2) is 3.68. The van der Waals surface area contributed by atoms with Crippen LogP contribution in [0.15, 0.2) is 29.3 Å². The van der Waals surface area contributed by atoms with Crippen LogP contribution in [-0.2, 0) is 6.54 Å². The van der Waals surface area contributed by atoms with Crippen molar-refractivity contribution in [1.29, 1.82) is 0 Å². The normalized spacial score (nSPS) is 10.7. The summed E-state index contributed by atoms with van der Waals surface area (Å²) in [6.07, 6.45) is 1.59. The zero-order valence-electron chi connectivity index (χ0n) is 7.70. The van der Waals surface area contributed by atoms with E-state index in [0.717, 1.165) is 9.09 Å². The summed E-state index contributed by atoms with van der Waals surface area (Å²) in [4.78, 5) is 16.0. The minimum atomic E-state index is 0.0380. The summed E-state index contributed by atoms with van der Waals surface area (Å²) in [5, 5.41) is 0.696. The summed E-state index contributed by atoms with van der Waals surface area (Å²) in [6.45, 7) is 2.59. The third kappa shape index (κ3) is 1.54.